The molecule has 4 rings (SSSR count). The lowest BCUT2D eigenvalue weighted by Crippen LogP contribution is -2.47. The maximum atomic E-state index is 13.0. The number of carbonyl (C=O) groups excluding carboxylic acids is 1. The van der Waals surface area contributed by atoms with Crippen LogP contribution >= 0.6 is 0 Å². The molecule has 11 heteroatoms. The summed E-state index contributed by atoms with van der Waals surface area (Å²) < 4.78 is 39.8. The number of carbonyl (C=O) groups is 1. The molecule has 1 aromatic carbocycles. The first-order valence-electron chi connectivity index (χ1n) is 8.52. The summed E-state index contributed by atoms with van der Waals surface area (Å²) in [4.78, 5) is 15.2. The van der Waals surface area contributed by atoms with E-state index in [1.54, 1.807) is 18.2 Å². The number of halogens is 3. The van der Waals surface area contributed by atoms with Gasteiger partial charge in [0.25, 0.3) is 5.82 Å². The summed E-state index contributed by atoms with van der Waals surface area (Å²) >= 11 is 0. The lowest BCUT2D eigenvalue weighted by atomic mass is 10.1. The fourth-order valence-electron chi connectivity index (χ4n) is 3.15. The number of nitrogens with zero attached hydrogens (tertiary/aromatic N) is 6. The highest BCUT2D eigenvalue weighted by Crippen LogP contribution is 2.28. The summed E-state index contributed by atoms with van der Waals surface area (Å²) in [6, 6.07) is 10.1. The Morgan fingerprint density at radius 1 is 0.929 bits per heavy atom. The van der Waals surface area contributed by atoms with Gasteiger partial charge in [-0.25, -0.2) is 0 Å². The average molecular weight is 391 g/mol. The topological polar surface area (TPSA) is 92.7 Å². The lowest BCUT2D eigenvalue weighted by Gasteiger charge is -2.36. The SMILES string of the molecule is NC(=O)c1ccc(N2CCN(c3ccc4nnc(C(F)(F)F)n4n3)CC2)cc1. The van der Waals surface area contributed by atoms with Crippen LogP contribution in [0.4, 0.5) is 24.7 Å². The molecule has 2 aromatic heterocycles. The van der Waals surface area contributed by atoms with Crippen molar-refractivity contribution in [3.05, 3.63) is 47.8 Å². The van der Waals surface area contributed by atoms with Crippen molar-refractivity contribution in [1.82, 2.24) is 19.8 Å². The number of alkyl halides is 3. The van der Waals surface area contributed by atoms with Gasteiger partial charge in [0, 0.05) is 37.4 Å². The molecule has 1 aliphatic heterocycles. The van der Waals surface area contributed by atoms with Crippen molar-refractivity contribution in [1.29, 1.82) is 0 Å². The minimum absolute atomic E-state index is 0.0456. The Morgan fingerprint density at radius 3 is 2.18 bits per heavy atom. The normalized spacial score (nSPS) is 15.2. The van der Waals surface area contributed by atoms with Gasteiger partial charge in [-0.15, -0.1) is 15.3 Å². The Hall–Kier alpha value is -3.37. The van der Waals surface area contributed by atoms with Gasteiger partial charge < -0.3 is 15.5 Å². The molecular weight excluding hydrogens is 375 g/mol. The molecule has 0 aliphatic carbocycles. The van der Waals surface area contributed by atoms with Crippen LogP contribution in [0.25, 0.3) is 5.65 Å². The molecule has 146 valence electrons. The first kappa shape index (κ1) is 18.0. The number of rotatable bonds is 3. The summed E-state index contributed by atoms with van der Waals surface area (Å²) in [5.74, 6) is -1.19. The second-order valence-corrected chi connectivity index (χ2v) is 6.37. The number of hydrogen-bond donors (Lipinski definition) is 1. The van der Waals surface area contributed by atoms with Crippen LogP contribution in [0.2, 0.25) is 0 Å². The van der Waals surface area contributed by atoms with Crippen LogP contribution < -0.4 is 15.5 Å². The van der Waals surface area contributed by atoms with Crippen LogP contribution in [-0.2, 0) is 6.18 Å². The van der Waals surface area contributed by atoms with Crippen molar-refractivity contribution in [3.8, 4) is 0 Å². The van der Waals surface area contributed by atoms with E-state index in [1.165, 1.54) is 6.07 Å². The molecule has 28 heavy (non-hydrogen) atoms. The number of piperazine rings is 1. The monoisotopic (exact) mass is 391 g/mol. The summed E-state index contributed by atoms with van der Waals surface area (Å²) in [6.07, 6.45) is -4.62. The van der Waals surface area contributed by atoms with E-state index in [9.17, 15) is 18.0 Å². The lowest BCUT2D eigenvalue weighted by molar-refractivity contribution is -0.146. The van der Waals surface area contributed by atoms with Crippen LogP contribution in [0.3, 0.4) is 0 Å². The number of nitrogens with two attached hydrogens (primary N) is 1. The molecule has 1 aliphatic rings. The summed E-state index contributed by atoms with van der Waals surface area (Å²) in [5.41, 5.74) is 6.68. The Bertz CT molecular complexity index is 1010. The van der Waals surface area contributed by atoms with Crippen LogP contribution in [-0.4, -0.2) is 51.9 Å². The van der Waals surface area contributed by atoms with E-state index in [0.29, 0.717) is 37.6 Å². The number of aromatic nitrogens is 4. The van der Waals surface area contributed by atoms with Gasteiger partial charge in [0.1, 0.15) is 5.82 Å². The minimum atomic E-state index is -4.62. The fourth-order valence-corrected chi connectivity index (χ4v) is 3.15. The van der Waals surface area contributed by atoms with Gasteiger partial charge in [-0.2, -0.15) is 17.7 Å². The molecule has 0 radical (unpaired) electrons. The van der Waals surface area contributed by atoms with E-state index in [1.807, 2.05) is 17.0 Å². The van der Waals surface area contributed by atoms with Crippen molar-refractivity contribution >= 4 is 23.1 Å². The second-order valence-electron chi connectivity index (χ2n) is 6.37. The number of amides is 1. The molecule has 0 spiro atoms. The van der Waals surface area contributed by atoms with E-state index in [-0.39, 0.29) is 5.65 Å². The summed E-state index contributed by atoms with van der Waals surface area (Å²) in [6.45, 7) is 2.48. The fraction of sp³-hybridized carbons (Fsp3) is 0.294. The number of primary amides is 1. The maximum Gasteiger partial charge on any atom is 0.453 e. The number of fused-ring (bicyclic) bond motifs is 1. The predicted molar refractivity (Wildman–Crippen MR) is 95.2 cm³/mol. The van der Waals surface area contributed by atoms with E-state index in [4.69, 9.17) is 5.73 Å². The van der Waals surface area contributed by atoms with Gasteiger partial charge in [-0.05, 0) is 36.4 Å². The number of anilines is 2. The van der Waals surface area contributed by atoms with Crippen molar-refractivity contribution < 1.29 is 18.0 Å². The first-order valence-corrected chi connectivity index (χ1v) is 8.52. The highest BCUT2D eigenvalue weighted by Gasteiger charge is 2.37. The van der Waals surface area contributed by atoms with Gasteiger partial charge >= 0.3 is 6.18 Å². The molecule has 0 unspecified atom stereocenters. The molecule has 0 bridgehead atoms. The second kappa shape index (κ2) is 6.66. The Morgan fingerprint density at radius 2 is 1.57 bits per heavy atom. The zero-order chi connectivity index (χ0) is 19.9. The van der Waals surface area contributed by atoms with E-state index >= 15 is 0 Å². The van der Waals surface area contributed by atoms with E-state index < -0.39 is 17.9 Å². The third kappa shape index (κ3) is 3.30. The molecule has 8 nitrogen and oxygen atoms in total. The van der Waals surface area contributed by atoms with Crippen LogP contribution in [0.1, 0.15) is 16.2 Å². The predicted octanol–water partition coefficient (Wildman–Crippen LogP) is 1.57. The Labute approximate surface area is 157 Å². The quantitative estimate of drug-likeness (QED) is 0.729. The molecule has 3 heterocycles. The van der Waals surface area contributed by atoms with Crippen LogP contribution in [0.5, 0.6) is 0 Å². The van der Waals surface area contributed by atoms with Gasteiger partial charge in [0.2, 0.25) is 5.91 Å². The maximum absolute atomic E-state index is 13.0. The molecule has 1 saturated heterocycles. The zero-order valence-electron chi connectivity index (χ0n) is 14.6. The Kier molecular flexibility index (Phi) is 4.28. The van der Waals surface area contributed by atoms with Crippen molar-refractivity contribution in [2.75, 3.05) is 36.0 Å². The third-order valence-corrected chi connectivity index (χ3v) is 4.62. The number of hydrogen-bond acceptors (Lipinski definition) is 6. The smallest absolute Gasteiger partial charge is 0.368 e. The molecular formula is C17H16F3N7O. The standard InChI is InChI=1S/C17H16F3N7O/c18-17(19,20)16-23-22-13-5-6-14(24-27(13)16)26-9-7-25(8-10-26)12-3-1-11(2-4-12)15(21)28/h1-6H,7-10H2,(H2,21,28). The molecule has 1 amide bonds. The van der Waals surface area contributed by atoms with Gasteiger partial charge in [-0.1, -0.05) is 0 Å². The van der Waals surface area contributed by atoms with Crippen molar-refractivity contribution in [2.24, 2.45) is 5.73 Å². The minimum Gasteiger partial charge on any atom is -0.368 e. The molecule has 0 saturated carbocycles. The first-order chi connectivity index (χ1) is 13.3. The van der Waals surface area contributed by atoms with Crippen LogP contribution in [0.15, 0.2) is 36.4 Å². The van der Waals surface area contributed by atoms with Gasteiger partial charge in [0.15, 0.2) is 5.65 Å². The molecule has 3 aromatic rings. The highest BCUT2D eigenvalue weighted by molar-refractivity contribution is 5.93. The largest absolute Gasteiger partial charge is 0.453 e. The van der Waals surface area contributed by atoms with Gasteiger partial charge in [0.05, 0.1) is 0 Å². The van der Waals surface area contributed by atoms with Gasteiger partial charge in [-0.3, -0.25) is 4.79 Å². The average Bonchev–Trinajstić information content (AvgIpc) is 3.12. The third-order valence-electron chi connectivity index (χ3n) is 4.62. The van der Waals surface area contributed by atoms with Crippen molar-refractivity contribution in [3.63, 3.8) is 0 Å². The zero-order valence-corrected chi connectivity index (χ0v) is 14.6. The van der Waals surface area contributed by atoms with Crippen LogP contribution in [0, 0.1) is 0 Å². The molecule has 1 fully saturated rings. The molecule has 0 atom stereocenters. The van der Waals surface area contributed by atoms with E-state index in [0.717, 1.165) is 10.2 Å². The molecule has 2 N–H and O–H groups in total. The van der Waals surface area contributed by atoms with Crippen molar-refractivity contribution in [2.45, 2.75) is 6.18 Å². The van der Waals surface area contributed by atoms with E-state index in [2.05, 4.69) is 20.2 Å². The number of benzene rings is 1. The highest BCUT2D eigenvalue weighted by atomic mass is 19.4. The summed E-state index contributed by atoms with van der Waals surface area (Å²) in [5, 5.41) is 10.8. The summed E-state index contributed by atoms with van der Waals surface area (Å²) in [7, 11) is 0. The Balaban J connectivity index is 1.49.